The molecule has 0 aliphatic heterocycles. The molecular formula is C10H16N2O. The lowest BCUT2D eigenvalue weighted by Crippen LogP contribution is -2.11. The number of hydrogen-bond donors (Lipinski definition) is 1. The molecule has 0 spiro atoms. The normalized spacial score (nSPS) is 12.5. The molecule has 1 atom stereocenters. The summed E-state index contributed by atoms with van der Waals surface area (Å²) < 4.78 is 5.54. The minimum absolute atomic E-state index is 0.209. The quantitative estimate of drug-likeness (QED) is 0.767. The first kappa shape index (κ1) is 9.99. The Labute approximate surface area is 78.9 Å². The van der Waals surface area contributed by atoms with Gasteiger partial charge >= 0.3 is 0 Å². The number of nitrogens with zero attached hydrogens (tertiary/aromatic N) is 1. The van der Waals surface area contributed by atoms with Crippen LogP contribution in [-0.4, -0.2) is 11.1 Å². The number of rotatable bonds is 4. The zero-order valence-electron chi connectivity index (χ0n) is 8.16. The highest BCUT2D eigenvalue weighted by molar-refractivity contribution is 5.20. The number of ether oxygens (including phenoxy) is 1. The molecule has 0 amide bonds. The van der Waals surface area contributed by atoms with Crippen molar-refractivity contribution >= 4 is 0 Å². The van der Waals surface area contributed by atoms with Crippen LogP contribution in [0.15, 0.2) is 18.3 Å². The van der Waals surface area contributed by atoms with Gasteiger partial charge in [0.25, 0.3) is 0 Å². The molecule has 3 heteroatoms. The van der Waals surface area contributed by atoms with E-state index in [0.29, 0.717) is 12.4 Å². The van der Waals surface area contributed by atoms with E-state index in [0.717, 1.165) is 12.0 Å². The van der Waals surface area contributed by atoms with E-state index in [4.69, 9.17) is 10.5 Å². The lowest BCUT2D eigenvalue weighted by molar-refractivity contribution is 0.208. The Hall–Kier alpha value is -1.09. The molecule has 1 heterocycles. The van der Waals surface area contributed by atoms with E-state index in [1.54, 1.807) is 6.20 Å². The monoisotopic (exact) mass is 180 g/mol. The maximum atomic E-state index is 5.54. The molecule has 0 saturated carbocycles. The van der Waals surface area contributed by atoms with Crippen molar-refractivity contribution in [2.75, 3.05) is 0 Å². The number of aromatic nitrogens is 1. The molecule has 1 rings (SSSR count). The van der Waals surface area contributed by atoms with Crippen LogP contribution >= 0.6 is 0 Å². The zero-order chi connectivity index (χ0) is 9.68. The van der Waals surface area contributed by atoms with Crippen LogP contribution in [-0.2, 0) is 6.54 Å². The van der Waals surface area contributed by atoms with Crippen LogP contribution in [0.5, 0.6) is 5.88 Å². The summed E-state index contributed by atoms with van der Waals surface area (Å²) >= 11 is 0. The molecular weight excluding hydrogens is 164 g/mol. The molecule has 0 aliphatic rings. The van der Waals surface area contributed by atoms with Crippen LogP contribution in [0.3, 0.4) is 0 Å². The summed E-state index contributed by atoms with van der Waals surface area (Å²) in [5, 5.41) is 0. The van der Waals surface area contributed by atoms with Gasteiger partial charge in [-0.05, 0) is 25.0 Å². The van der Waals surface area contributed by atoms with E-state index in [9.17, 15) is 0 Å². The van der Waals surface area contributed by atoms with Gasteiger partial charge in [0.15, 0.2) is 0 Å². The second kappa shape index (κ2) is 4.82. The van der Waals surface area contributed by atoms with Crippen molar-refractivity contribution in [2.24, 2.45) is 5.73 Å². The third kappa shape index (κ3) is 3.03. The predicted molar refractivity (Wildman–Crippen MR) is 52.5 cm³/mol. The minimum Gasteiger partial charge on any atom is -0.475 e. The Kier molecular flexibility index (Phi) is 3.71. The van der Waals surface area contributed by atoms with Gasteiger partial charge in [-0.15, -0.1) is 0 Å². The van der Waals surface area contributed by atoms with Crippen molar-refractivity contribution in [1.82, 2.24) is 4.98 Å². The van der Waals surface area contributed by atoms with Gasteiger partial charge in [0.1, 0.15) is 0 Å². The maximum absolute atomic E-state index is 5.54. The average Bonchev–Trinajstić information content (AvgIpc) is 2.18. The van der Waals surface area contributed by atoms with E-state index < -0.39 is 0 Å². The Morgan fingerprint density at radius 1 is 1.62 bits per heavy atom. The van der Waals surface area contributed by atoms with Crippen molar-refractivity contribution in [3.8, 4) is 5.88 Å². The molecule has 1 aromatic rings. The maximum Gasteiger partial charge on any atom is 0.213 e. The van der Waals surface area contributed by atoms with Crippen molar-refractivity contribution in [1.29, 1.82) is 0 Å². The van der Waals surface area contributed by atoms with Crippen LogP contribution in [0.25, 0.3) is 0 Å². The van der Waals surface area contributed by atoms with Gasteiger partial charge in [-0.1, -0.05) is 6.92 Å². The first-order valence-corrected chi connectivity index (χ1v) is 4.58. The van der Waals surface area contributed by atoms with Crippen molar-refractivity contribution in [3.05, 3.63) is 23.9 Å². The van der Waals surface area contributed by atoms with Gasteiger partial charge in [0.2, 0.25) is 5.88 Å². The van der Waals surface area contributed by atoms with E-state index in [1.165, 1.54) is 0 Å². The average molecular weight is 180 g/mol. The second-order valence-corrected chi connectivity index (χ2v) is 3.04. The molecule has 13 heavy (non-hydrogen) atoms. The van der Waals surface area contributed by atoms with E-state index in [-0.39, 0.29) is 6.10 Å². The molecule has 0 unspecified atom stereocenters. The third-order valence-electron chi connectivity index (χ3n) is 1.93. The standard InChI is InChI=1S/C10H16N2O/c1-3-8(2)13-10-6-9(7-11)4-5-12-10/h4-6,8H,3,7,11H2,1-2H3/t8-/m0/s1. The van der Waals surface area contributed by atoms with Gasteiger partial charge < -0.3 is 10.5 Å². The Morgan fingerprint density at radius 2 is 2.38 bits per heavy atom. The molecule has 0 aromatic carbocycles. The van der Waals surface area contributed by atoms with Crippen molar-refractivity contribution in [2.45, 2.75) is 32.9 Å². The van der Waals surface area contributed by atoms with Crippen LogP contribution in [0.1, 0.15) is 25.8 Å². The summed E-state index contributed by atoms with van der Waals surface area (Å²) in [4.78, 5) is 4.10. The summed E-state index contributed by atoms with van der Waals surface area (Å²) in [5.74, 6) is 0.664. The molecule has 0 radical (unpaired) electrons. The largest absolute Gasteiger partial charge is 0.475 e. The SMILES string of the molecule is CC[C@H](C)Oc1cc(CN)ccn1. The summed E-state index contributed by atoms with van der Waals surface area (Å²) in [7, 11) is 0. The minimum atomic E-state index is 0.209. The summed E-state index contributed by atoms with van der Waals surface area (Å²) in [6.45, 7) is 4.63. The molecule has 3 nitrogen and oxygen atoms in total. The molecule has 0 bridgehead atoms. The Balaban J connectivity index is 2.66. The molecule has 1 aromatic heterocycles. The number of nitrogens with two attached hydrogens (primary N) is 1. The van der Waals surface area contributed by atoms with E-state index >= 15 is 0 Å². The Bertz CT molecular complexity index is 263. The van der Waals surface area contributed by atoms with Crippen LogP contribution in [0, 0.1) is 0 Å². The lowest BCUT2D eigenvalue weighted by atomic mass is 10.2. The topological polar surface area (TPSA) is 48.1 Å². The fourth-order valence-corrected chi connectivity index (χ4v) is 0.931. The fourth-order valence-electron chi connectivity index (χ4n) is 0.931. The van der Waals surface area contributed by atoms with Gasteiger partial charge in [-0.3, -0.25) is 0 Å². The summed E-state index contributed by atoms with van der Waals surface area (Å²) in [6, 6.07) is 3.77. The lowest BCUT2D eigenvalue weighted by Gasteiger charge is -2.11. The van der Waals surface area contributed by atoms with E-state index in [1.807, 2.05) is 19.1 Å². The fraction of sp³-hybridized carbons (Fsp3) is 0.500. The van der Waals surface area contributed by atoms with Crippen LogP contribution < -0.4 is 10.5 Å². The zero-order valence-corrected chi connectivity index (χ0v) is 8.16. The molecule has 0 fully saturated rings. The number of hydrogen-bond acceptors (Lipinski definition) is 3. The summed E-state index contributed by atoms with van der Waals surface area (Å²) in [5.41, 5.74) is 6.55. The predicted octanol–water partition coefficient (Wildman–Crippen LogP) is 1.72. The number of pyridine rings is 1. The molecule has 0 aliphatic carbocycles. The van der Waals surface area contributed by atoms with Crippen molar-refractivity contribution < 1.29 is 4.74 Å². The highest BCUT2D eigenvalue weighted by Crippen LogP contribution is 2.11. The first-order chi connectivity index (χ1) is 6.26. The van der Waals surface area contributed by atoms with Gasteiger partial charge in [-0.25, -0.2) is 4.98 Å². The van der Waals surface area contributed by atoms with Gasteiger partial charge in [0.05, 0.1) is 6.10 Å². The van der Waals surface area contributed by atoms with Gasteiger partial charge in [0, 0.05) is 18.8 Å². The van der Waals surface area contributed by atoms with Gasteiger partial charge in [-0.2, -0.15) is 0 Å². The van der Waals surface area contributed by atoms with Crippen LogP contribution in [0.4, 0.5) is 0 Å². The van der Waals surface area contributed by atoms with Crippen LogP contribution in [0.2, 0.25) is 0 Å². The highest BCUT2D eigenvalue weighted by atomic mass is 16.5. The smallest absolute Gasteiger partial charge is 0.213 e. The van der Waals surface area contributed by atoms with Crippen molar-refractivity contribution in [3.63, 3.8) is 0 Å². The highest BCUT2D eigenvalue weighted by Gasteiger charge is 2.01. The molecule has 0 saturated heterocycles. The third-order valence-corrected chi connectivity index (χ3v) is 1.93. The molecule has 72 valence electrons. The second-order valence-electron chi connectivity index (χ2n) is 3.04. The molecule has 2 N–H and O–H groups in total. The first-order valence-electron chi connectivity index (χ1n) is 4.58. The van der Waals surface area contributed by atoms with E-state index in [2.05, 4.69) is 11.9 Å². The summed E-state index contributed by atoms with van der Waals surface area (Å²) in [6.07, 6.45) is 2.91. The Morgan fingerprint density at radius 3 is 3.00 bits per heavy atom.